The first-order valence-electron chi connectivity index (χ1n) is 22.0. The van der Waals surface area contributed by atoms with Gasteiger partial charge in [-0.05, 0) is 80.6 Å². The van der Waals surface area contributed by atoms with Crippen LogP contribution in [0.5, 0.6) is 11.5 Å². The van der Waals surface area contributed by atoms with Crippen molar-refractivity contribution in [2.45, 2.75) is 71.6 Å². The molecule has 5 heteroatoms. The number of aromatic hydroxyl groups is 2. The van der Waals surface area contributed by atoms with Crippen molar-refractivity contribution in [3.63, 3.8) is 0 Å². The van der Waals surface area contributed by atoms with Gasteiger partial charge in [-0.1, -0.05) is 155 Å². The van der Waals surface area contributed by atoms with Crippen LogP contribution in [-0.2, 0) is 29.5 Å². The van der Waals surface area contributed by atoms with Gasteiger partial charge >= 0.3 is 78.9 Å². The van der Waals surface area contributed by atoms with E-state index in [1.54, 1.807) is 0 Å². The molecule has 1 aliphatic heterocycles. The van der Waals surface area contributed by atoms with E-state index in [1.165, 1.54) is 29.5 Å². The van der Waals surface area contributed by atoms with Gasteiger partial charge in [0.25, 0.3) is 0 Å². The second-order valence-corrected chi connectivity index (χ2v) is 17.7. The Morgan fingerprint density at radius 2 is 0.921 bits per heavy atom. The maximum atomic E-state index is 11.7. The molecular weight excluding hydrogens is 855 g/mol. The molecule has 0 bridgehead atoms. The summed E-state index contributed by atoms with van der Waals surface area (Å²) in [4.78, 5) is 0. The summed E-state index contributed by atoms with van der Waals surface area (Å²) in [5.41, 5.74) is 15.8. The Hall–Kier alpha value is -5.80. The van der Waals surface area contributed by atoms with E-state index in [0.29, 0.717) is 23.0 Å². The number of ether oxygens (including phenoxy) is 1. The van der Waals surface area contributed by atoms with Gasteiger partial charge in [0, 0.05) is 41.2 Å². The minimum absolute atomic E-state index is 0.163. The monoisotopic (exact) mass is 917 g/mol. The molecule has 1 fully saturated rings. The third-order valence-electron chi connectivity index (χ3n) is 11.5. The molecule has 8 aromatic rings. The van der Waals surface area contributed by atoms with Crippen molar-refractivity contribution in [2.75, 3.05) is 18.9 Å². The van der Waals surface area contributed by atoms with Crippen LogP contribution in [-0.4, -0.2) is 27.8 Å². The molecular formula is C58H61MoNO3+4. The Morgan fingerprint density at radius 1 is 0.540 bits per heavy atom. The second-order valence-electron chi connectivity index (χ2n) is 17.2. The van der Waals surface area contributed by atoms with Crippen LogP contribution in [0.2, 0.25) is 0 Å². The predicted molar refractivity (Wildman–Crippen MR) is 266 cm³/mol. The summed E-state index contributed by atoms with van der Waals surface area (Å²) in [6, 6.07) is 56.7. The quantitative estimate of drug-likeness (QED) is 0.110. The molecule has 4 N–H and O–H groups in total. The molecule has 0 unspecified atom stereocenters. The minimum atomic E-state index is 0.163. The summed E-state index contributed by atoms with van der Waals surface area (Å²) >= 11 is 2.04. The molecule has 8 aromatic carbocycles. The number of hydrogen-bond acceptors (Lipinski definition) is 4. The first kappa shape index (κ1) is 46.7. The summed E-state index contributed by atoms with van der Waals surface area (Å²) in [5, 5.41) is 27.2. The van der Waals surface area contributed by atoms with Gasteiger partial charge in [-0.2, -0.15) is 0 Å². The van der Waals surface area contributed by atoms with E-state index in [1.807, 2.05) is 141 Å². The SMILES string of the molecule is C1CCOC1.CC(C)([CH]=[Mo+4])c1ccccc1.CC(C)c1cccc(C(C)C)c1N.Oc1c(-c2ccccc2)cc2ccccc2c1-c1c(O)c(-c2ccccc2)cc2ccccc12. The molecule has 9 rings (SSSR count). The molecule has 0 atom stereocenters. The Morgan fingerprint density at radius 3 is 1.29 bits per heavy atom. The molecule has 63 heavy (non-hydrogen) atoms. The first-order chi connectivity index (χ1) is 30.4. The number of hydrogen-bond donors (Lipinski definition) is 3. The first-order valence-corrected chi connectivity index (χ1v) is 23.2. The van der Waals surface area contributed by atoms with Gasteiger partial charge in [0.1, 0.15) is 11.5 Å². The second kappa shape index (κ2) is 22.0. The Balaban J connectivity index is 0.000000185. The fourth-order valence-corrected chi connectivity index (χ4v) is 8.24. The van der Waals surface area contributed by atoms with Crippen molar-refractivity contribution in [3.05, 3.63) is 187 Å². The molecule has 0 spiro atoms. The van der Waals surface area contributed by atoms with E-state index in [2.05, 4.69) is 94.5 Å². The van der Waals surface area contributed by atoms with Gasteiger partial charge in [0.2, 0.25) is 0 Å². The topological polar surface area (TPSA) is 75.7 Å². The van der Waals surface area contributed by atoms with Crippen LogP contribution in [0.1, 0.15) is 82.9 Å². The van der Waals surface area contributed by atoms with Gasteiger partial charge in [-0.3, -0.25) is 0 Å². The number of fused-ring (bicyclic) bond motifs is 2. The van der Waals surface area contributed by atoms with Crippen LogP contribution < -0.4 is 5.73 Å². The maximum absolute atomic E-state index is 11.7. The smallest absolute Gasteiger partial charge is 0.132 e. The van der Waals surface area contributed by atoms with Crippen molar-refractivity contribution in [1.82, 2.24) is 0 Å². The van der Waals surface area contributed by atoms with Crippen LogP contribution in [0, 0.1) is 0 Å². The largest absolute Gasteiger partial charge is 0.507 e. The Bertz CT molecular complexity index is 2560. The maximum Gasteiger partial charge on any atom is 0.132 e. The van der Waals surface area contributed by atoms with Crippen molar-refractivity contribution in [3.8, 4) is 44.9 Å². The zero-order chi connectivity index (χ0) is 44.9. The zero-order valence-electron chi connectivity index (χ0n) is 37.5. The summed E-state index contributed by atoms with van der Waals surface area (Å²) in [6.07, 6.45) is 2.56. The van der Waals surface area contributed by atoms with Crippen LogP contribution in [0.4, 0.5) is 5.69 Å². The number of rotatable bonds is 7. The predicted octanol–water partition coefficient (Wildman–Crippen LogP) is 15.0. The van der Waals surface area contributed by atoms with Crippen molar-refractivity contribution in [1.29, 1.82) is 0 Å². The van der Waals surface area contributed by atoms with Crippen LogP contribution in [0.15, 0.2) is 170 Å². The van der Waals surface area contributed by atoms with E-state index in [9.17, 15) is 10.2 Å². The summed E-state index contributed by atoms with van der Waals surface area (Å²) < 4.78 is 7.18. The number of anilines is 1. The van der Waals surface area contributed by atoms with Gasteiger partial charge < -0.3 is 20.7 Å². The molecule has 4 nitrogen and oxygen atoms in total. The van der Waals surface area contributed by atoms with Gasteiger partial charge in [-0.15, -0.1) is 0 Å². The van der Waals surface area contributed by atoms with Crippen LogP contribution >= 0.6 is 0 Å². The molecule has 318 valence electrons. The Kier molecular flexibility index (Phi) is 16.3. The van der Waals surface area contributed by atoms with E-state index >= 15 is 0 Å². The molecule has 0 aromatic heterocycles. The number of nitrogens with two attached hydrogens (primary N) is 1. The Labute approximate surface area is 385 Å². The number of phenolic OH excluding ortho intramolecular Hbond substituents is 2. The van der Waals surface area contributed by atoms with Crippen molar-refractivity contribution in [2.24, 2.45) is 0 Å². The van der Waals surface area contributed by atoms with E-state index < -0.39 is 0 Å². The minimum Gasteiger partial charge on any atom is -0.507 e. The van der Waals surface area contributed by atoms with Gasteiger partial charge in [-0.25, -0.2) is 0 Å². The third kappa shape index (κ3) is 11.4. The molecule has 1 aliphatic rings. The molecule has 0 saturated carbocycles. The van der Waals surface area contributed by atoms with E-state index in [-0.39, 0.29) is 16.9 Å². The summed E-state index contributed by atoms with van der Waals surface area (Å²) in [6.45, 7) is 15.2. The number of benzene rings is 8. The summed E-state index contributed by atoms with van der Waals surface area (Å²) in [7, 11) is 0. The average molecular weight is 916 g/mol. The molecule has 1 heterocycles. The van der Waals surface area contributed by atoms with Crippen molar-refractivity contribution < 1.29 is 34.3 Å². The fourth-order valence-electron chi connectivity index (χ4n) is 7.91. The molecule has 0 radical (unpaired) electrons. The number of nitrogen functional groups attached to an aromatic ring is 1. The van der Waals surface area contributed by atoms with E-state index in [4.69, 9.17) is 10.5 Å². The standard InChI is InChI=1S/C32H22O2.C12H19N.C10H12.C4H8O.Mo/c33-31-27(21-11-3-1-4-12-21)19-23-15-7-9-17-25(23)29(31)30-26-18-10-8-16-24(26)20-28(32(30)34)22-13-5-2-6-14-22;1-8(2)10-6-5-7-11(9(3)4)12(10)13;1-10(2,3)9-7-5-4-6-8-9;1-2-4-5-3-1;/h1-20,33-34H;5-9H,13H2,1-4H3;1,4-8H,2-3H3;1-4H2;/q;;;;+4. The van der Waals surface area contributed by atoms with Crippen molar-refractivity contribution >= 4 is 31.6 Å². The van der Waals surface area contributed by atoms with Gasteiger partial charge in [0.05, 0.1) is 0 Å². The normalized spacial score (nSPS) is 12.2. The third-order valence-corrected chi connectivity index (χ3v) is 13.0. The number of phenols is 2. The number of para-hydroxylation sites is 1. The van der Waals surface area contributed by atoms with Crippen LogP contribution in [0.25, 0.3) is 54.9 Å². The molecule has 0 aliphatic carbocycles. The zero-order valence-corrected chi connectivity index (χ0v) is 39.5. The van der Waals surface area contributed by atoms with E-state index in [0.717, 1.165) is 62.7 Å². The molecule has 1 saturated heterocycles. The fraction of sp³-hybridized carbons (Fsp3) is 0.224. The van der Waals surface area contributed by atoms with Gasteiger partial charge in [0.15, 0.2) is 0 Å². The molecule has 0 amide bonds. The average Bonchev–Trinajstić information content (AvgIpc) is 3.91. The van der Waals surface area contributed by atoms with Crippen LogP contribution in [0.3, 0.4) is 0 Å². The summed E-state index contributed by atoms with van der Waals surface area (Å²) in [5.74, 6) is 1.35.